The predicted molar refractivity (Wildman–Crippen MR) is 70.9 cm³/mol. The number of nitrogens with zero attached hydrogens (tertiary/aromatic N) is 2. The summed E-state index contributed by atoms with van der Waals surface area (Å²) < 4.78 is 10.6. The van der Waals surface area contributed by atoms with Crippen LogP contribution in [0.2, 0.25) is 0 Å². The highest BCUT2D eigenvalue weighted by molar-refractivity contribution is 5.89. The first-order chi connectivity index (χ1) is 9.47. The van der Waals surface area contributed by atoms with Crippen molar-refractivity contribution in [3.8, 4) is 5.75 Å². The van der Waals surface area contributed by atoms with Crippen LogP contribution < -0.4 is 4.74 Å². The van der Waals surface area contributed by atoms with E-state index in [1.807, 2.05) is 13.8 Å². The summed E-state index contributed by atoms with van der Waals surface area (Å²) in [7, 11) is 0. The standard InChI is InChI=1S/C14H16N2O4/c1-8(2)13-15-12(16-20-13)7-19-10-4-5-11(14(17)18)9(3)6-10/h4-6,8H,7H2,1-3H3,(H,17,18). The van der Waals surface area contributed by atoms with Crippen molar-refractivity contribution in [3.05, 3.63) is 41.0 Å². The Morgan fingerprint density at radius 2 is 2.20 bits per heavy atom. The van der Waals surface area contributed by atoms with E-state index >= 15 is 0 Å². The monoisotopic (exact) mass is 276 g/mol. The van der Waals surface area contributed by atoms with Crippen molar-refractivity contribution in [2.75, 3.05) is 0 Å². The van der Waals surface area contributed by atoms with E-state index in [2.05, 4.69) is 10.1 Å². The van der Waals surface area contributed by atoms with E-state index in [0.29, 0.717) is 23.0 Å². The van der Waals surface area contributed by atoms with E-state index in [4.69, 9.17) is 14.4 Å². The highest BCUT2D eigenvalue weighted by atomic mass is 16.5. The van der Waals surface area contributed by atoms with Gasteiger partial charge in [-0.25, -0.2) is 4.79 Å². The molecule has 0 aliphatic heterocycles. The Morgan fingerprint density at radius 1 is 1.45 bits per heavy atom. The normalized spacial score (nSPS) is 10.8. The third-order valence-corrected chi connectivity index (χ3v) is 2.77. The second kappa shape index (κ2) is 5.73. The zero-order valence-electron chi connectivity index (χ0n) is 11.6. The molecule has 1 heterocycles. The maximum absolute atomic E-state index is 10.9. The molecule has 1 aromatic heterocycles. The number of carbonyl (C=O) groups is 1. The predicted octanol–water partition coefficient (Wildman–Crippen LogP) is 2.78. The zero-order valence-corrected chi connectivity index (χ0v) is 11.6. The fourth-order valence-electron chi connectivity index (χ4n) is 1.67. The molecule has 0 atom stereocenters. The average molecular weight is 276 g/mol. The first-order valence-corrected chi connectivity index (χ1v) is 6.26. The van der Waals surface area contributed by atoms with Gasteiger partial charge in [0, 0.05) is 5.92 Å². The number of hydrogen-bond acceptors (Lipinski definition) is 5. The molecular weight excluding hydrogens is 260 g/mol. The molecule has 1 aromatic carbocycles. The molecule has 0 unspecified atom stereocenters. The van der Waals surface area contributed by atoms with Gasteiger partial charge in [0.25, 0.3) is 0 Å². The molecule has 0 saturated heterocycles. The van der Waals surface area contributed by atoms with E-state index in [1.165, 1.54) is 6.07 Å². The summed E-state index contributed by atoms with van der Waals surface area (Å²) in [4.78, 5) is 15.1. The van der Waals surface area contributed by atoms with Crippen molar-refractivity contribution in [3.63, 3.8) is 0 Å². The molecule has 0 aliphatic rings. The summed E-state index contributed by atoms with van der Waals surface area (Å²) in [5.41, 5.74) is 0.907. The number of rotatable bonds is 5. The molecule has 0 aliphatic carbocycles. The van der Waals surface area contributed by atoms with Crippen LogP contribution >= 0.6 is 0 Å². The van der Waals surface area contributed by atoms with Crippen molar-refractivity contribution in [2.24, 2.45) is 0 Å². The van der Waals surface area contributed by atoms with Gasteiger partial charge in [-0.15, -0.1) is 0 Å². The van der Waals surface area contributed by atoms with Gasteiger partial charge in [0.2, 0.25) is 11.7 Å². The van der Waals surface area contributed by atoms with Crippen LogP contribution in [-0.2, 0) is 6.61 Å². The van der Waals surface area contributed by atoms with Crippen LogP contribution in [-0.4, -0.2) is 21.2 Å². The fourth-order valence-corrected chi connectivity index (χ4v) is 1.67. The number of benzene rings is 1. The molecule has 6 nitrogen and oxygen atoms in total. The summed E-state index contributed by atoms with van der Waals surface area (Å²) in [5, 5.41) is 12.8. The summed E-state index contributed by atoms with van der Waals surface area (Å²) in [6, 6.07) is 4.80. The number of aromatic carboxylic acids is 1. The lowest BCUT2D eigenvalue weighted by Crippen LogP contribution is -2.02. The van der Waals surface area contributed by atoms with Crippen LogP contribution in [0.1, 0.15) is 47.4 Å². The van der Waals surface area contributed by atoms with Crippen LogP contribution in [0.15, 0.2) is 22.7 Å². The Balaban J connectivity index is 2.03. The second-order valence-corrected chi connectivity index (χ2v) is 4.77. The minimum atomic E-state index is -0.950. The molecule has 0 saturated carbocycles. The smallest absolute Gasteiger partial charge is 0.335 e. The van der Waals surface area contributed by atoms with Crippen molar-refractivity contribution in [2.45, 2.75) is 33.3 Å². The molecule has 0 amide bonds. The minimum absolute atomic E-state index is 0.174. The SMILES string of the molecule is Cc1cc(OCc2noc(C(C)C)n2)ccc1C(=O)O. The van der Waals surface area contributed by atoms with Gasteiger partial charge in [-0.05, 0) is 30.7 Å². The summed E-state index contributed by atoms with van der Waals surface area (Å²) >= 11 is 0. The van der Waals surface area contributed by atoms with Crippen LogP contribution in [0.5, 0.6) is 5.75 Å². The van der Waals surface area contributed by atoms with Crippen LogP contribution in [0, 0.1) is 6.92 Å². The van der Waals surface area contributed by atoms with Crippen molar-refractivity contribution in [1.29, 1.82) is 0 Å². The average Bonchev–Trinajstić information content (AvgIpc) is 2.85. The van der Waals surface area contributed by atoms with Gasteiger partial charge in [0.1, 0.15) is 5.75 Å². The Bertz CT molecular complexity index is 619. The van der Waals surface area contributed by atoms with Crippen LogP contribution in [0.4, 0.5) is 0 Å². The number of carboxylic acids is 1. The zero-order chi connectivity index (χ0) is 14.7. The number of hydrogen-bond donors (Lipinski definition) is 1. The molecule has 20 heavy (non-hydrogen) atoms. The third kappa shape index (κ3) is 3.14. The van der Waals surface area contributed by atoms with Gasteiger partial charge in [-0.2, -0.15) is 4.98 Å². The first-order valence-electron chi connectivity index (χ1n) is 6.26. The van der Waals surface area contributed by atoms with E-state index < -0.39 is 5.97 Å². The van der Waals surface area contributed by atoms with Crippen molar-refractivity contribution in [1.82, 2.24) is 10.1 Å². The molecule has 2 rings (SSSR count). The lowest BCUT2D eigenvalue weighted by Gasteiger charge is -2.06. The molecule has 6 heteroatoms. The minimum Gasteiger partial charge on any atom is -0.485 e. The number of ether oxygens (including phenoxy) is 1. The number of aromatic nitrogens is 2. The lowest BCUT2D eigenvalue weighted by atomic mass is 10.1. The Morgan fingerprint density at radius 3 is 2.75 bits per heavy atom. The maximum atomic E-state index is 10.9. The Kier molecular flexibility index (Phi) is 4.02. The van der Waals surface area contributed by atoms with Crippen molar-refractivity contribution < 1.29 is 19.2 Å². The summed E-state index contributed by atoms with van der Waals surface area (Å²) in [6.07, 6.45) is 0. The molecular formula is C14H16N2O4. The molecule has 1 N–H and O–H groups in total. The number of carboxylic acid groups (broad SMARTS) is 1. The molecule has 2 aromatic rings. The van der Waals surface area contributed by atoms with E-state index in [1.54, 1.807) is 19.1 Å². The van der Waals surface area contributed by atoms with E-state index in [0.717, 1.165) is 0 Å². The molecule has 0 bridgehead atoms. The second-order valence-electron chi connectivity index (χ2n) is 4.77. The van der Waals surface area contributed by atoms with Gasteiger partial charge in [0.15, 0.2) is 6.61 Å². The van der Waals surface area contributed by atoms with Crippen molar-refractivity contribution >= 4 is 5.97 Å². The maximum Gasteiger partial charge on any atom is 0.335 e. The lowest BCUT2D eigenvalue weighted by molar-refractivity contribution is 0.0696. The van der Waals surface area contributed by atoms with Gasteiger partial charge >= 0.3 is 5.97 Å². The molecule has 0 spiro atoms. The summed E-state index contributed by atoms with van der Waals surface area (Å²) in [5.74, 6) is 0.834. The molecule has 0 radical (unpaired) electrons. The third-order valence-electron chi connectivity index (χ3n) is 2.77. The number of aryl methyl sites for hydroxylation is 1. The van der Waals surface area contributed by atoms with Gasteiger partial charge in [-0.1, -0.05) is 19.0 Å². The summed E-state index contributed by atoms with van der Waals surface area (Å²) in [6.45, 7) is 5.84. The van der Waals surface area contributed by atoms with Crippen LogP contribution in [0.3, 0.4) is 0 Å². The fraction of sp³-hybridized carbons (Fsp3) is 0.357. The van der Waals surface area contributed by atoms with Gasteiger partial charge in [0.05, 0.1) is 5.56 Å². The quantitative estimate of drug-likeness (QED) is 0.903. The highest BCUT2D eigenvalue weighted by Gasteiger charge is 2.11. The topological polar surface area (TPSA) is 85.5 Å². The first kappa shape index (κ1) is 14.0. The highest BCUT2D eigenvalue weighted by Crippen LogP contribution is 2.18. The largest absolute Gasteiger partial charge is 0.485 e. The van der Waals surface area contributed by atoms with Crippen LogP contribution in [0.25, 0.3) is 0 Å². The molecule has 106 valence electrons. The van der Waals surface area contributed by atoms with Gasteiger partial charge < -0.3 is 14.4 Å². The molecule has 0 fully saturated rings. The van der Waals surface area contributed by atoms with E-state index in [9.17, 15) is 4.79 Å². The Hall–Kier alpha value is -2.37. The Labute approximate surface area is 116 Å². The van der Waals surface area contributed by atoms with Gasteiger partial charge in [-0.3, -0.25) is 0 Å². The van der Waals surface area contributed by atoms with E-state index in [-0.39, 0.29) is 18.1 Å².